The summed E-state index contributed by atoms with van der Waals surface area (Å²) in [5, 5.41) is 4.57. The van der Waals surface area contributed by atoms with Gasteiger partial charge in [0.15, 0.2) is 5.82 Å². The molecule has 0 N–H and O–H groups in total. The highest BCUT2D eigenvalue weighted by Crippen LogP contribution is 2.60. The Morgan fingerprint density at radius 1 is 0.900 bits per heavy atom. The van der Waals surface area contributed by atoms with Gasteiger partial charge in [-0.1, -0.05) is 27.7 Å². The summed E-state index contributed by atoms with van der Waals surface area (Å²) in [5.41, 5.74) is 9.46. The summed E-state index contributed by atoms with van der Waals surface area (Å²) in [4.78, 5) is 12.2. The van der Waals surface area contributed by atoms with Crippen molar-refractivity contribution in [1.29, 1.82) is 0 Å². The molecule has 2 aliphatic heterocycles. The fourth-order valence-electron chi connectivity index (χ4n) is 5.41. The van der Waals surface area contributed by atoms with Crippen molar-refractivity contribution in [3.63, 3.8) is 0 Å². The number of rotatable bonds is 1. The van der Waals surface area contributed by atoms with Crippen LogP contribution in [-0.2, 0) is 5.41 Å². The number of aromatic nitrogens is 2. The highest BCUT2D eigenvalue weighted by Gasteiger charge is 2.56. The van der Waals surface area contributed by atoms with E-state index in [1.807, 2.05) is 17.8 Å². The van der Waals surface area contributed by atoms with Gasteiger partial charge in [-0.25, -0.2) is 14.7 Å². The lowest BCUT2D eigenvalue weighted by molar-refractivity contribution is 0.0802. The van der Waals surface area contributed by atoms with Crippen molar-refractivity contribution in [3.8, 4) is 0 Å². The lowest BCUT2D eigenvalue weighted by Gasteiger charge is -2.62. The van der Waals surface area contributed by atoms with Crippen molar-refractivity contribution in [2.45, 2.75) is 80.2 Å². The Kier molecular flexibility index (Phi) is 4.20. The summed E-state index contributed by atoms with van der Waals surface area (Å²) >= 11 is 0. The average Bonchev–Trinajstić information content (AvgIpc) is 3.20. The van der Waals surface area contributed by atoms with Gasteiger partial charge >= 0.3 is 0 Å². The van der Waals surface area contributed by atoms with E-state index in [2.05, 4.69) is 84.3 Å². The van der Waals surface area contributed by atoms with E-state index < -0.39 is 0 Å². The van der Waals surface area contributed by atoms with E-state index in [4.69, 9.17) is 4.99 Å². The molecule has 3 heterocycles. The fraction of sp³-hybridized carbons (Fsp3) is 0.560. The first-order chi connectivity index (χ1) is 13.7. The van der Waals surface area contributed by atoms with Gasteiger partial charge in [0, 0.05) is 30.7 Å². The van der Waals surface area contributed by atoms with E-state index in [0.29, 0.717) is 0 Å². The topological polar surface area (TPSA) is 45.8 Å². The SMILES string of the molecule is CC1=Nn2ccnc2/C1=N\c1c(C)c(C)c2c(c1C)C(C)(C)C(C)(C)C(C)(C)N2C. The minimum Gasteiger partial charge on any atom is -0.368 e. The zero-order valence-electron chi connectivity index (χ0n) is 20.4. The number of fused-ring (bicyclic) bond motifs is 2. The molecule has 1 aromatic carbocycles. The van der Waals surface area contributed by atoms with Gasteiger partial charge in [-0.05, 0) is 74.6 Å². The molecular weight excluding hydrogens is 370 g/mol. The zero-order chi connectivity index (χ0) is 22.4. The maximum Gasteiger partial charge on any atom is 0.181 e. The molecule has 0 aliphatic carbocycles. The number of aliphatic imine (C=N–C) groups is 1. The molecule has 160 valence electrons. The fourth-order valence-corrected chi connectivity index (χ4v) is 5.41. The molecule has 0 unspecified atom stereocenters. The van der Waals surface area contributed by atoms with Gasteiger partial charge in [-0.15, -0.1) is 0 Å². The van der Waals surface area contributed by atoms with Crippen LogP contribution in [0.2, 0.25) is 0 Å². The number of anilines is 1. The van der Waals surface area contributed by atoms with Crippen LogP contribution in [0.5, 0.6) is 0 Å². The molecular formula is C25H35N5. The van der Waals surface area contributed by atoms with Crippen LogP contribution in [0.1, 0.15) is 76.5 Å². The monoisotopic (exact) mass is 405 g/mol. The van der Waals surface area contributed by atoms with E-state index in [-0.39, 0.29) is 16.4 Å². The number of imidazole rings is 1. The van der Waals surface area contributed by atoms with Gasteiger partial charge in [-0.2, -0.15) is 5.10 Å². The maximum absolute atomic E-state index is 5.18. The number of benzene rings is 1. The molecule has 5 nitrogen and oxygen atoms in total. The molecule has 0 bridgehead atoms. The molecule has 0 spiro atoms. The highest BCUT2D eigenvalue weighted by molar-refractivity contribution is 6.48. The van der Waals surface area contributed by atoms with Gasteiger partial charge in [0.05, 0.1) is 11.4 Å². The predicted molar refractivity (Wildman–Crippen MR) is 127 cm³/mol. The van der Waals surface area contributed by atoms with Crippen molar-refractivity contribution in [3.05, 3.63) is 40.5 Å². The Balaban J connectivity index is 2.05. The van der Waals surface area contributed by atoms with E-state index >= 15 is 0 Å². The molecule has 30 heavy (non-hydrogen) atoms. The molecule has 0 saturated heterocycles. The molecule has 2 aliphatic rings. The Hall–Kier alpha value is -2.43. The van der Waals surface area contributed by atoms with Gasteiger partial charge in [0.1, 0.15) is 5.71 Å². The second-order valence-electron chi connectivity index (χ2n) is 10.6. The molecule has 0 fully saturated rings. The van der Waals surface area contributed by atoms with E-state index in [1.165, 1.54) is 27.9 Å². The second-order valence-corrected chi connectivity index (χ2v) is 10.6. The summed E-state index contributed by atoms with van der Waals surface area (Å²) in [6, 6.07) is 0. The van der Waals surface area contributed by atoms with E-state index in [9.17, 15) is 0 Å². The van der Waals surface area contributed by atoms with Crippen molar-refractivity contribution in [2.24, 2.45) is 15.5 Å². The van der Waals surface area contributed by atoms with Crippen LogP contribution in [0.3, 0.4) is 0 Å². The normalized spacial score (nSPS) is 22.2. The van der Waals surface area contributed by atoms with Gasteiger partial charge < -0.3 is 4.90 Å². The maximum atomic E-state index is 5.18. The lowest BCUT2D eigenvalue weighted by atomic mass is 9.52. The summed E-state index contributed by atoms with van der Waals surface area (Å²) < 4.78 is 1.81. The summed E-state index contributed by atoms with van der Waals surface area (Å²) in [5.74, 6) is 0.819. The van der Waals surface area contributed by atoms with Crippen LogP contribution in [0.4, 0.5) is 11.4 Å². The first-order valence-electron chi connectivity index (χ1n) is 10.8. The Labute approximate surface area is 180 Å². The minimum atomic E-state index is -0.0207. The van der Waals surface area contributed by atoms with Crippen LogP contribution in [0.25, 0.3) is 0 Å². The number of nitrogens with zero attached hydrogens (tertiary/aromatic N) is 5. The third-order valence-electron chi connectivity index (χ3n) is 8.79. The minimum absolute atomic E-state index is 0.0139. The molecule has 5 heteroatoms. The third kappa shape index (κ3) is 2.32. The first kappa shape index (κ1) is 20.8. The van der Waals surface area contributed by atoms with Gasteiger partial charge in [0.2, 0.25) is 0 Å². The van der Waals surface area contributed by atoms with Crippen molar-refractivity contribution < 1.29 is 0 Å². The molecule has 2 aromatic rings. The van der Waals surface area contributed by atoms with Crippen LogP contribution in [0.15, 0.2) is 22.5 Å². The molecule has 0 atom stereocenters. The predicted octanol–water partition coefficient (Wildman–Crippen LogP) is 5.70. The summed E-state index contributed by atoms with van der Waals surface area (Å²) in [6.45, 7) is 23.0. The van der Waals surface area contributed by atoms with Crippen LogP contribution in [-0.4, -0.2) is 33.7 Å². The standard InChI is InChI=1S/C25H35N5/c1-14-15(2)21-18(23(5,6)24(7,8)25(9,10)29(21)11)16(3)19(14)27-20-17(4)28-30-13-12-26-22(20)30/h12-13H,1-11H3/b27-20-. The van der Waals surface area contributed by atoms with E-state index in [0.717, 1.165) is 22.9 Å². The van der Waals surface area contributed by atoms with Crippen LogP contribution in [0, 0.1) is 26.2 Å². The molecule has 4 rings (SSSR count). The molecule has 0 saturated carbocycles. The largest absolute Gasteiger partial charge is 0.368 e. The highest BCUT2D eigenvalue weighted by atomic mass is 15.4. The Bertz CT molecular complexity index is 1120. The number of hydrogen-bond acceptors (Lipinski definition) is 4. The Morgan fingerprint density at radius 3 is 2.17 bits per heavy atom. The molecule has 0 amide bonds. The van der Waals surface area contributed by atoms with Crippen LogP contribution < -0.4 is 4.90 Å². The zero-order valence-corrected chi connectivity index (χ0v) is 20.4. The van der Waals surface area contributed by atoms with Crippen molar-refractivity contribution >= 4 is 22.8 Å². The Morgan fingerprint density at radius 2 is 1.53 bits per heavy atom. The second kappa shape index (κ2) is 6.05. The summed E-state index contributed by atoms with van der Waals surface area (Å²) in [6.07, 6.45) is 3.66. The first-order valence-corrected chi connectivity index (χ1v) is 10.8. The third-order valence-corrected chi connectivity index (χ3v) is 8.79. The quantitative estimate of drug-likeness (QED) is 0.611. The molecule has 1 aromatic heterocycles. The summed E-state index contributed by atoms with van der Waals surface area (Å²) in [7, 11) is 2.25. The lowest BCUT2D eigenvalue weighted by Crippen LogP contribution is -2.63. The average molecular weight is 406 g/mol. The van der Waals surface area contributed by atoms with Crippen molar-refractivity contribution in [1.82, 2.24) is 9.66 Å². The van der Waals surface area contributed by atoms with Gasteiger partial charge in [-0.3, -0.25) is 0 Å². The molecule has 0 radical (unpaired) electrons. The van der Waals surface area contributed by atoms with E-state index in [1.54, 1.807) is 6.20 Å². The smallest absolute Gasteiger partial charge is 0.181 e. The number of hydrogen-bond donors (Lipinski definition) is 0. The van der Waals surface area contributed by atoms with Crippen molar-refractivity contribution in [2.75, 3.05) is 11.9 Å². The van der Waals surface area contributed by atoms with Crippen LogP contribution >= 0.6 is 0 Å². The van der Waals surface area contributed by atoms with Gasteiger partial charge in [0.25, 0.3) is 0 Å².